The Bertz CT molecular complexity index is 1270. The van der Waals surface area contributed by atoms with E-state index in [1.165, 1.54) is 4.90 Å². The molecule has 0 bridgehead atoms. The van der Waals surface area contributed by atoms with E-state index in [2.05, 4.69) is 0 Å². The van der Waals surface area contributed by atoms with Crippen molar-refractivity contribution in [1.82, 2.24) is 0 Å². The fraction of sp³-hybridized carbons (Fsp3) is 0.321. The second-order valence-corrected chi connectivity index (χ2v) is 9.75. The van der Waals surface area contributed by atoms with Gasteiger partial charge in [-0.3, -0.25) is 9.59 Å². The molecular formula is C28H28ClNO5. The summed E-state index contributed by atoms with van der Waals surface area (Å²) < 4.78 is 11.6. The van der Waals surface area contributed by atoms with Crippen molar-refractivity contribution >= 4 is 46.2 Å². The molecule has 1 heterocycles. The standard InChI is InChI=1S/C28H28ClNO5/c1-4-34-25(32)15-24-27(33)30(16-28(2,3)17-31)23-13-12-19(29)14-22(23)26(35-24)21-11-7-9-18-8-5-6-10-20(18)21/h5-14,17,24,26H,4,15-16H2,1-3H3/t24-,26-/m0/s1. The smallest absolute Gasteiger partial charge is 0.308 e. The normalized spacial score (nSPS) is 18.2. The monoisotopic (exact) mass is 493 g/mol. The van der Waals surface area contributed by atoms with Gasteiger partial charge in [0.15, 0.2) is 0 Å². The summed E-state index contributed by atoms with van der Waals surface area (Å²) in [6, 6.07) is 19.1. The maximum atomic E-state index is 13.8. The topological polar surface area (TPSA) is 72.9 Å². The number of hydrogen-bond acceptors (Lipinski definition) is 5. The van der Waals surface area contributed by atoms with Crippen LogP contribution in [0.2, 0.25) is 5.02 Å². The Morgan fingerprint density at radius 3 is 2.60 bits per heavy atom. The van der Waals surface area contributed by atoms with Gasteiger partial charge in [-0.25, -0.2) is 0 Å². The van der Waals surface area contributed by atoms with Gasteiger partial charge < -0.3 is 19.2 Å². The first-order chi connectivity index (χ1) is 16.7. The van der Waals surface area contributed by atoms with Crippen LogP contribution in [-0.2, 0) is 23.9 Å². The van der Waals surface area contributed by atoms with Gasteiger partial charge in [0, 0.05) is 28.2 Å². The number of anilines is 1. The van der Waals surface area contributed by atoms with Crippen molar-refractivity contribution < 1.29 is 23.9 Å². The van der Waals surface area contributed by atoms with E-state index in [1.807, 2.05) is 42.5 Å². The van der Waals surface area contributed by atoms with Crippen LogP contribution in [0.15, 0.2) is 60.7 Å². The number of hydrogen-bond donors (Lipinski definition) is 0. The van der Waals surface area contributed by atoms with Crippen molar-refractivity contribution in [1.29, 1.82) is 0 Å². The number of halogens is 1. The van der Waals surface area contributed by atoms with Crippen LogP contribution in [0.25, 0.3) is 10.8 Å². The van der Waals surface area contributed by atoms with Crippen LogP contribution in [0.4, 0.5) is 5.69 Å². The number of amides is 1. The zero-order chi connectivity index (χ0) is 25.2. The summed E-state index contributed by atoms with van der Waals surface area (Å²) in [6.45, 7) is 5.55. The number of aldehydes is 1. The number of ether oxygens (including phenoxy) is 2. The van der Waals surface area contributed by atoms with Gasteiger partial charge in [0.25, 0.3) is 5.91 Å². The fourth-order valence-corrected chi connectivity index (χ4v) is 4.58. The zero-order valence-corrected chi connectivity index (χ0v) is 20.7. The maximum absolute atomic E-state index is 13.8. The summed E-state index contributed by atoms with van der Waals surface area (Å²) in [5, 5.41) is 2.48. The van der Waals surface area contributed by atoms with Crippen LogP contribution in [0.5, 0.6) is 0 Å². The Morgan fingerprint density at radius 2 is 1.86 bits per heavy atom. The van der Waals surface area contributed by atoms with Gasteiger partial charge in [0.05, 0.1) is 13.0 Å². The van der Waals surface area contributed by atoms with Gasteiger partial charge in [0.2, 0.25) is 0 Å². The van der Waals surface area contributed by atoms with Crippen LogP contribution in [0, 0.1) is 5.41 Å². The Balaban J connectivity index is 1.92. The van der Waals surface area contributed by atoms with Crippen molar-refractivity contribution in [2.24, 2.45) is 5.41 Å². The largest absolute Gasteiger partial charge is 0.466 e. The van der Waals surface area contributed by atoms with Crippen molar-refractivity contribution in [3.8, 4) is 0 Å². The lowest BCUT2D eigenvalue weighted by Crippen LogP contribution is -2.45. The minimum absolute atomic E-state index is 0.120. The zero-order valence-electron chi connectivity index (χ0n) is 20.0. The lowest BCUT2D eigenvalue weighted by Gasteiger charge is -2.30. The van der Waals surface area contributed by atoms with E-state index in [0.717, 1.165) is 22.6 Å². The molecule has 0 N–H and O–H groups in total. The van der Waals surface area contributed by atoms with E-state index in [4.69, 9.17) is 21.1 Å². The Labute approximate surface area is 209 Å². The molecule has 0 aromatic heterocycles. The second kappa shape index (κ2) is 10.2. The molecule has 35 heavy (non-hydrogen) atoms. The lowest BCUT2D eigenvalue weighted by atomic mass is 9.92. The van der Waals surface area contributed by atoms with Gasteiger partial charge in [-0.15, -0.1) is 0 Å². The van der Waals surface area contributed by atoms with Gasteiger partial charge in [-0.2, -0.15) is 0 Å². The summed E-state index contributed by atoms with van der Waals surface area (Å²) in [7, 11) is 0. The summed E-state index contributed by atoms with van der Waals surface area (Å²) in [5.41, 5.74) is 1.32. The number of carbonyl (C=O) groups excluding carboxylic acids is 3. The first kappa shape index (κ1) is 24.9. The fourth-order valence-electron chi connectivity index (χ4n) is 4.40. The summed E-state index contributed by atoms with van der Waals surface area (Å²) in [5.74, 6) is -0.930. The van der Waals surface area contributed by atoms with Gasteiger partial charge >= 0.3 is 5.97 Å². The molecule has 0 aliphatic carbocycles. The van der Waals surface area contributed by atoms with E-state index in [-0.39, 0.29) is 19.6 Å². The Kier molecular flexibility index (Phi) is 7.24. The minimum atomic E-state index is -1.10. The Morgan fingerprint density at radius 1 is 1.11 bits per heavy atom. The third-order valence-corrected chi connectivity index (χ3v) is 6.29. The lowest BCUT2D eigenvalue weighted by molar-refractivity contribution is -0.151. The summed E-state index contributed by atoms with van der Waals surface area (Å²) in [4.78, 5) is 39.6. The van der Waals surface area contributed by atoms with Gasteiger partial charge in [0.1, 0.15) is 18.5 Å². The van der Waals surface area contributed by atoms with E-state index in [9.17, 15) is 14.4 Å². The molecule has 4 rings (SSSR count). The first-order valence-electron chi connectivity index (χ1n) is 11.6. The predicted octanol–water partition coefficient (Wildman–Crippen LogP) is 5.49. The highest BCUT2D eigenvalue weighted by Gasteiger charge is 2.40. The highest BCUT2D eigenvalue weighted by molar-refractivity contribution is 6.30. The molecule has 1 aliphatic heterocycles. The van der Waals surface area contributed by atoms with Crippen LogP contribution in [0.1, 0.15) is 44.4 Å². The molecule has 0 fully saturated rings. The predicted molar refractivity (Wildman–Crippen MR) is 136 cm³/mol. The van der Waals surface area contributed by atoms with Crippen LogP contribution >= 0.6 is 11.6 Å². The van der Waals surface area contributed by atoms with Crippen molar-refractivity contribution in [3.05, 3.63) is 76.8 Å². The number of benzene rings is 3. The minimum Gasteiger partial charge on any atom is -0.466 e. The molecule has 0 saturated heterocycles. The van der Waals surface area contributed by atoms with E-state index in [0.29, 0.717) is 16.3 Å². The number of carbonyl (C=O) groups is 3. The number of fused-ring (bicyclic) bond motifs is 2. The third kappa shape index (κ3) is 5.24. The van der Waals surface area contributed by atoms with Crippen LogP contribution in [-0.4, -0.2) is 37.4 Å². The molecular weight excluding hydrogens is 466 g/mol. The second-order valence-electron chi connectivity index (χ2n) is 9.32. The number of rotatable bonds is 7. The number of nitrogens with zero attached hydrogens (tertiary/aromatic N) is 1. The molecule has 0 unspecified atom stereocenters. The summed E-state index contributed by atoms with van der Waals surface area (Å²) in [6.07, 6.45) is -1.20. The molecule has 6 nitrogen and oxygen atoms in total. The third-order valence-electron chi connectivity index (χ3n) is 6.05. The maximum Gasteiger partial charge on any atom is 0.308 e. The average molecular weight is 494 g/mol. The highest BCUT2D eigenvalue weighted by atomic mass is 35.5. The molecule has 182 valence electrons. The van der Waals surface area contributed by atoms with E-state index in [1.54, 1.807) is 39.0 Å². The highest BCUT2D eigenvalue weighted by Crippen LogP contribution is 2.42. The van der Waals surface area contributed by atoms with Crippen molar-refractivity contribution in [3.63, 3.8) is 0 Å². The Hall–Kier alpha value is -3.22. The quantitative estimate of drug-likeness (QED) is 0.321. The van der Waals surface area contributed by atoms with Crippen LogP contribution < -0.4 is 4.90 Å². The molecule has 7 heteroatoms. The molecule has 3 aromatic carbocycles. The average Bonchev–Trinajstić information content (AvgIpc) is 2.94. The van der Waals surface area contributed by atoms with Crippen LogP contribution in [0.3, 0.4) is 0 Å². The molecule has 1 amide bonds. The van der Waals surface area contributed by atoms with Gasteiger partial charge in [-0.1, -0.05) is 67.9 Å². The van der Waals surface area contributed by atoms with Crippen molar-refractivity contribution in [2.45, 2.75) is 39.4 Å². The van der Waals surface area contributed by atoms with E-state index >= 15 is 0 Å². The molecule has 3 aromatic rings. The molecule has 0 radical (unpaired) electrons. The van der Waals surface area contributed by atoms with Crippen molar-refractivity contribution in [2.75, 3.05) is 18.1 Å². The number of esters is 1. The molecule has 0 spiro atoms. The summed E-state index contributed by atoms with van der Waals surface area (Å²) >= 11 is 6.42. The first-order valence-corrected chi connectivity index (χ1v) is 12.0. The molecule has 2 atom stereocenters. The van der Waals surface area contributed by atoms with Gasteiger partial charge in [-0.05, 0) is 41.5 Å². The SMILES string of the molecule is CCOC(=O)C[C@@H]1O[C@@H](c2cccc3ccccc23)c2cc(Cl)ccc2N(CC(C)(C)C=O)C1=O. The molecule has 0 saturated carbocycles. The molecule has 1 aliphatic rings. The van der Waals surface area contributed by atoms with E-state index < -0.39 is 29.5 Å².